The summed E-state index contributed by atoms with van der Waals surface area (Å²) in [6.07, 6.45) is 3.30. The van der Waals surface area contributed by atoms with E-state index in [9.17, 15) is 13.2 Å². The average molecular weight is 708 g/mol. The molecule has 1 N–H and O–H groups in total. The average Bonchev–Trinajstić information content (AvgIpc) is 2.99. The van der Waals surface area contributed by atoms with E-state index in [4.69, 9.17) is 9.47 Å². The number of morpholine rings is 1. The Morgan fingerprint density at radius 2 is 1.65 bits per heavy atom. The Labute approximate surface area is 295 Å². The predicted octanol–water partition coefficient (Wildman–Crippen LogP) is 6.74. The highest BCUT2D eigenvalue weighted by molar-refractivity contribution is 7.97. The summed E-state index contributed by atoms with van der Waals surface area (Å²) in [5.74, 6) is 1.17. The molecule has 12 heteroatoms. The van der Waals surface area contributed by atoms with E-state index < -0.39 is 10.0 Å². The van der Waals surface area contributed by atoms with Crippen LogP contribution < -0.4 is 9.46 Å². The molecule has 3 aliphatic rings. The molecule has 4 bridgehead atoms. The molecule has 1 aromatic heterocycles. The number of nitrogens with zero attached hydrogens (tertiary/aromatic N) is 4. The molecule has 264 valence electrons. The van der Waals surface area contributed by atoms with Crippen molar-refractivity contribution >= 4 is 33.8 Å². The molecular weight excluding hydrogens is 659 g/mol. The van der Waals surface area contributed by atoms with Crippen LogP contribution in [0.2, 0.25) is 0 Å². The van der Waals surface area contributed by atoms with Crippen LogP contribution in [0.5, 0.6) is 5.88 Å². The number of amides is 1. The van der Waals surface area contributed by atoms with Crippen molar-refractivity contribution in [3.63, 3.8) is 0 Å². The number of hydrogen-bond donors (Lipinski definition) is 1. The van der Waals surface area contributed by atoms with Gasteiger partial charge < -0.3 is 9.47 Å². The summed E-state index contributed by atoms with van der Waals surface area (Å²) in [5.41, 5.74) is 3.62. The molecular formula is C37H49N5O5S2. The fraction of sp³-hybridized carbons (Fsp3) is 0.541. The predicted molar refractivity (Wildman–Crippen MR) is 194 cm³/mol. The molecule has 3 aromatic rings. The fourth-order valence-electron chi connectivity index (χ4n) is 7.26. The Hall–Kier alpha value is -3.19. The summed E-state index contributed by atoms with van der Waals surface area (Å²) in [7, 11) is -4.13. The second-order valence-corrected chi connectivity index (χ2v) is 17.8. The monoisotopic (exact) mass is 707 g/mol. The Morgan fingerprint density at radius 3 is 2.33 bits per heavy atom. The van der Waals surface area contributed by atoms with Crippen LogP contribution >= 0.6 is 11.9 Å². The third-order valence-corrected chi connectivity index (χ3v) is 12.2. The van der Waals surface area contributed by atoms with Gasteiger partial charge in [-0.15, -0.1) is 0 Å². The molecule has 1 saturated carbocycles. The molecule has 2 aliphatic heterocycles. The fourth-order valence-corrected chi connectivity index (χ4v) is 9.46. The third-order valence-electron chi connectivity index (χ3n) is 9.48. The lowest BCUT2D eigenvalue weighted by Gasteiger charge is -2.47. The lowest BCUT2D eigenvalue weighted by molar-refractivity contribution is -0.0947. The van der Waals surface area contributed by atoms with E-state index in [-0.39, 0.29) is 52.9 Å². The number of fused-ring (bicyclic) bond motifs is 4. The smallest absolute Gasteiger partial charge is 0.264 e. The van der Waals surface area contributed by atoms with Gasteiger partial charge in [0.1, 0.15) is 6.61 Å². The van der Waals surface area contributed by atoms with Gasteiger partial charge in [-0.05, 0) is 99.6 Å². The van der Waals surface area contributed by atoms with Crippen LogP contribution in [0.1, 0.15) is 75.4 Å². The normalized spacial score (nSPS) is 26.0. The molecule has 2 fully saturated rings. The van der Waals surface area contributed by atoms with Crippen LogP contribution in [0.15, 0.2) is 53.4 Å². The molecule has 1 amide bonds. The van der Waals surface area contributed by atoms with Crippen molar-refractivity contribution in [2.75, 3.05) is 30.2 Å². The second-order valence-electron chi connectivity index (χ2n) is 15.2. The minimum absolute atomic E-state index is 0.0331. The number of ether oxygens (including phenoxy) is 2. The van der Waals surface area contributed by atoms with Gasteiger partial charge in [-0.2, -0.15) is 4.98 Å². The van der Waals surface area contributed by atoms with Gasteiger partial charge in [0, 0.05) is 42.1 Å². The molecule has 6 rings (SSSR count). The van der Waals surface area contributed by atoms with Crippen molar-refractivity contribution in [2.24, 2.45) is 11.3 Å². The summed E-state index contributed by atoms with van der Waals surface area (Å²) >= 11 is 1.54. The van der Waals surface area contributed by atoms with Gasteiger partial charge in [0.15, 0.2) is 0 Å². The first kappa shape index (κ1) is 35.6. The summed E-state index contributed by atoms with van der Waals surface area (Å²) < 4.78 is 44.1. The largest absolute Gasteiger partial charge is 0.475 e. The lowest BCUT2D eigenvalue weighted by Crippen LogP contribution is -2.54. The third kappa shape index (κ3) is 8.41. The summed E-state index contributed by atoms with van der Waals surface area (Å²) in [4.78, 5) is 26.1. The molecule has 10 nitrogen and oxygen atoms in total. The van der Waals surface area contributed by atoms with Gasteiger partial charge in [-0.25, -0.2) is 18.1 Å². The molecule has 0 radical (unpaired) electrons. The van der Waals surface area contributed by atoms with Crippen molar-refractivity contribution in [1.82, 2.24) is 19.2 Å². The number of hydrogen-bond acceptors (Lipinski definition) is 9. The van der Waals surface area contributed by atoms with Crippen LogP contribution in [0.4, 0.5) is 5.95 Å². The summed E-state index contributed by atoms with van der Waals surface area (Å²) in [6.45, 7) is 16.8. The van der Waals surface area contributed by atoms with Gasteiger partial charge in [0.2, 0.25) is 11.8 Å². The van der Waals surface area contributed by atoms with Crippen LogP contribution in [0.3, 0.4) is 0 Å². The number of carbonyl (C=O) groups is 1. The maximum atomic E-state index is 14.4. The van der Waals surface area contributed by atoms with E-state index in [2.05, 4.69) is 54.2 Å². The molecule has 3 atom stereocenters. The standard InChI is InChI=1S/C37H49N5O5S2/c1-23-10-8-11-24(2)34(23)32-17-33-39-36(38-32)40-49(44,45)31-13-9-12-28(16-31)35(43)42(30(21-46-33)18-37(5,6)7)48-22-27-14-29(15-27)41-19-25(3)47-26(4)20-41/h8-13,16-17,25-27,29-30H,14-15,18-22H2,1-7H3,(H,38,39,40)/t25-,26+,27?,29?,30-/m1/s1. The molecule has 0 unspecified atom stereocenters. The van der Waals surface area contributed by atoms with Crippen molar-refractivity contribution in [2.45, 2.75) is 96.9 Å². The van der Waals surface area contributed by atoms with Gasteiger partial charge in [0.05, 0.1) is 28.8 Å². The zero-order valence-corrected chi connectivity index (χ0v) is 31.2. The van der Waals surface area contributed by atoms with E-state index in [0.717, 1.165) is 48.4 Å². The number of rotatable bonds is 6. The van der Waals surface area contributed by atoms with Crippen LogP contribution in [-0.4, -0.2) is 83.2 Å². The van der Waals surface area contributed by atoms with Gasteiger partial charge in [-0.1, -0.05) is 45.0 Å². The molecule has 0 spiro atoms. The first-order chi connectivity index (χ1) is 23.1. The lowest BCUT2D eigenvalue weighted by atomic mass is 9.80. The van der Waals surface area contributed by atoms with E-state index in [0.29, 0.717) is 29.6 Å². The molecule has 49 heavy (non-hydrogen) atoms. The number of aromatic nitrogens is 2. The minimum atomic E-state index is -4.13. The number of carbonyl (C=O) groups excluding carboxylic acids is 1. The van der Waals surface area contributed by atoms with Gasteiger partial charge in [0.25, 0.3) is 15.9 Å². The Morgan fingerprint density at radius 1 is 0.980 bits per heavy atom. The van der Waals surface area contributed by atoms with Crippen LogP contribution in [0, 0.1) is 25.2 Å². The van der Waals surface area contributed by atoms with Gasteiger partial charge in [-0.3, -0.25) is 14.0 Å². The maximum Gasteiger partial charge on any atom is 0.264 e. The van der Waals surface area contributed by atoms with Crippen molar-refractivity contribution in [3.8, 4) is 17.1 Å². The number of sulfonamides is 1. The van der Waals surface area contributed by atoms with Crippen molar-refractivity contribution in [3.05, 3.63) is 65.2 Å². The number of anilines is 1. The summed E-state index contributed by atoms with van der Waals surface area (Å²) in [6, 6.07) is 14.2. The highest BCUT2D eigenvalue weighted by atomic mass is 32.2. The van der Waals surface area contributed by atoms with Crippen molar-refractivity contribution in [1.29, 1.82) is 0 Å². The van der Waals surface area contributed by atoms with E-state index in [1.807, 2.05) is 36.4 Å². The topological polar surface area (TPSA) is 114 Å². The SMILES string of the molecule is Cc1cccc(C)c1-c1cc2nc(n1)NS(=O)(=O)c1cccc(c1)C(=O)N(SCC1CC(N3C[C@@H](C)O[C@@H](C)C3)C1)[C@H](CC(C)(C)C)CO2. The Bertz CT molecular complexity index is 1760. The quantitative estimate of drug-likeness (QED) is 0.279. The second kappa shape index (κ2) is 14.2. The highest BCUT2D eigenvalue weighted by Gasteiger charge is 2.39. The highest BCUT2D eigenvalue weighted by Crippen LogP contribution is 2.39. The number of aryl methyl sites for hydroxylation is 2. The Kier molecular flexibility index (Phi) is 10.3. The number of nitrogens with one attached hydrogen (secondary N) is 1. The molecule has 2 aromatic carbocycles. The van der Waals surface area contributed by atoms with E-state index >= 15 is 0 Å². The zero-order valence-electron chi connectivity index (χ0n) is 29.6. The molecule has 3 heterocycles. The zero-order chi connectivity index (χ0) is 35.1. The van der Waals surface area contributed by atoms with E-state index in [1.54, 1.807) is 18.2 Å². The Balaban J connectivity index is 1.33. The van der Waals surface area contributed by atoms with Gasteiger partial charge >= 0.3 is 0 Å². The first-order valence-corrected chi connectivity index (χ1v) is 19.6. The first-order valence-electron chi connectivity index (χ1n) is 17.2. The van der Waals surface area contributed by atoms with Crippen LogP contribution in [0.25, 0.3) is 11.3 Å². The molecule has 1 saturated heterocycles. The molecule has 1 aliphatic carbocycles. The number of benzene rings is 2. The van der Waals surface area contributed by atoms with Crippen LogP contribution in [-0.2, 0) is 14.8 Å². The maximum absolute atomic E-state index is 14.4. The summed E-state index contributed by atoms with van der Waals surface area (Å²) in [5, 5.41) is 0. The van der Waals surface area contributed by atoms with E-state index in [1.165, 1.54) is 24.1 Å². The van der Waals surface area contributed by atoms with Crippen molar-refractivity contribution < 1.29 is 22.7 Å². The minimum Gasteiger partial charge on any atom is -0.475 e.